The number of nitrogens with zero attached hydrogens (tertiary/aromatic N) is 3. The number of ether oxygens (including phenoxy) is 1. The molecule has 0 aromatic heterocycles. The van der Waals surface area contributed by atoms with Crippen LogP contribution < -0.4 is 0 Å². The van der Waals surface area contributed by atoms with Gasteiger partial charge in [0.15, 0.2) is 0 Å². The van der Waals surface area contributed by atoms with Gasteiger partial charge in [-0.15, -0.1) is 0 Å². The standard InChI is InChI=1S/C13H23N3O2/c1-4-12(9-14)15-5-7-16(8-6-15)13(17)18-10-11(2)3/h11-12H,4-8,10H2,1-3H3. The maximum atomic E-state index is 11.7. The molecule has 0 bridgehead atoms. The van der Waals surface area contributed by atoms with Gasteiger partial charge < -0.3 is 9.64 Å². The Balaban J connectivity index is 2.35. The Bertz CT molecular complexity index is 304. The van der Waals surface area contributed by atoms with Gasteiger partial charge in [-0.2, -0.15) is 5.26 Å². The van der Waals surface area contributed by atoms with Crippen LogP contribution in [0.15, 0.2) is 0 Å². The highest BCUT2D eigenvalue weighted by Gasteiger charge is 2.25. The largest absolute Gasteiger partial charge is 0.449 e. The molecule has 102 valence electrons. The number of carbonyl (C=O) groups is 1. The second-order valence-electron chi connectivity index (χ2n) is 5.05. The number of hydrogen-bond acceptors (Lipinski definition) is 4. The van der Waals surface area contributed by atoms with Crippen LogP contribution in [0.5, 0.6) is 0 Å². The number of rotatable bonds is 4. The number of hydrogen-bond donors (Lipinski definition) is 0. The fourth-order valence-electron chi connectivity index (χ4n) is 1.98. The Labute approximate surface area is 109 Å². The first kappa shape index (κ1) is 14.8. The van der Waals surface area contributed by atoms with Crippen molar-refractivity contribution in [3.05, 3.63) is 0 Å². The van der Waals surface area contributed by atoms with E-state index in [0.29, 0.717) is 25.6 Å². The van der Waals surface area contributed by atoms with E-state index in [4.69, 9.17) is 10.00 Å². The first-order chi connectivity index (χ1) is 8.58. The van der Waals surface area contributed by atoms with Crippen LogP contribution in [0.1, 0.15) is 27.2 Å². The Morgan fingerprint density at radius 2 is 1.94 bits per heavy atom. The lowest BCUT2D eigenvalue weighted by atomic mass is 10.2. The van der Waals surface area contributed by atoms with Crippen molar-refractivity contribution < 1.29 is 9.53 Å². The van der Waals surface area contributed by atoms with Crippen LogP contribution in [0.3, 0.4) is 0 Å². The molecule has 0 radical (unpaired) electrons. The van der Waals surface area contributed by atoms with Crippen molar-refractivity contribution in [2.24, 2.45) is 5.92 Å². The fourth-order valence-corrected chi connectivity index (χ4v) is 1.98. The molecule has 1 aliphatic rings. The van der Waals surface area contributed by atoms with Gasteiger partial charge in [-0.25, -0.2) is 4.79 Å². The minimum absolute atomic E-state index is 0.0289. The summed E-state index contributed by atoms with van der Waals surface area (Å²) >= 11 is 0. The zero-order valence-electron chi connectivity index (χ0n) is 11.6. The van der Waals surface area contributed by atoms with Crippen molar-refractivity contribution in [3.8, 4) is 6.07 Å². The molecule has 0 N–H and O–H groups in total. The molecule has 18 heavy (non-hydrogen) atoms. The maximum absolute atomic E-state index is 11.7. The normalized spacial score (nSPS) is 18.5. The topological polar surface area (TPSA) is 56.6 Å². The molecule has 1 saturated heterocycles. The first-order valence-corrected chi connectivity index (χ1v) is 6.63. The van der Waals surface area contributed by atoms with E-state index in [1.165, 1.54) is 0 Å². The Morgan fingerprint density at radius 1 is 1.33 bits per heavy atom. The van der Waals surface area contributed by atoms with Gasteiger partial charge >= 0.3 is 6.09 Å². The molecule has 5 heteroatoms. The van der Waals surface area contributed by atoms with Crippen molar-refractivity contribution in [1.82, 2.24) is 9.80 Å². The fraction of sp³-hybridized carbons (Fsp3) is 0.846. The molecule has 0 aliphatic carbocycles. The third kappa shape index (κ3) is 4.19. The summed E-state index contributed by atoms with van der Waals surface area (Å²) in [4.78, 5) is 15.6. The third-order valence-electron chi connectivity index (χ3n) is 3.09. The van der Waals surface area contributed by atoms with Gasteiger partial charge in [0.1, 0.15) is 0 Å². The molecular formula is C13H23N3O2. The van der Waals surface area contributed by atoms with Crippen molar-refractivity contribution >= 4 is 6.09 Å². The molecule has 0 saturated carbocycles. The Morgan fingerprint density at radius 3 is 2.39 bits per heavy atom. The molecule has 1 aliphatic heterocycles. The summed E-state index contributed by atoms with van der Waals surface area (Å²) in [6.07, 6.45) is 0.599. The van der Waals surface area contributed by atoms with Gasteiger partial charge in [-0.1, -0.05) is 20.8 Å². The van der Waals surface area contributed by atoms with Crippen LogP contribution in [-0.4, -0.2) is 54.7 Å². The highest BCUT2D eigenvalue weighted by Crippen LogP contribution is 2.10. The molecule has 0 aromatic carbocycles. The Kier molecular flexibility index (Phi) is 5.93. The van der Waals surface area contributed by atoms with E-state index in [9.17, 15) is 4.79 Å². The van der Waals surface area contributed by atoms with E-state index in [1.54, 1.807) is 4.90 Å². The van der Waals surface area contributed by atoms with Gasteiger partial charge in [0, 0.05) is 26.2 Å². The van der Waals surface area contributed by atoms with Crippen molar-refractivity contribution in [1.29, 1.82) is 5.26 Å². The summed E-state index contributed by atoms with van der Waals surface area (Å²) in [7, 11) is 0. The number of amides is 1. The molecule has 0 aromatic rings. The lowest BCUT2D eigenvalue weighted by Crippen LogP contribution is -2.51. The average Bonchev–Trinajstić information content (AvgIpc) is 2.38. The van der Waals surface area contributed by atoms with Crippen LogP contribution in [0.2, 0.25) is 0 Å². The summed E-state index contributed by atoms with van der Waals surface area (Å²) in [6, 6.07) is 2.27. The minimum atomic E-state index is -0.228. The van der Waals surface area contributed by atoms with E-state index in [-0.39, 0.29) is 12.1 Å². The molecule has 1 heterocycles. The molecule has 5 nitrogen and oxygen atoms in total. The van der Waals surface area contributed by atoms with E-state index < -0.39 is 0 Å². The Hall–Kier alpha value is -1.28. The monoisotopic (exact) mass is 253 g/mol. The van der Waals surface area contributed by atoms with Crippen LogP contribution in [0.25, 0.3) is 0 Å². The van der Waals surface area contributed by atoms with Crippen LogP contribution in [0.4, 0.5) is 4.79 Å². The molecule has 1 atom stereocenters. The van der Waals surface area contributed by atoms with Crippen LogP contribution >= 0.6 is 0 Å². The van der Waals surface area contributed by atoms with E-state index >= 15 is 0 Å². The molecule has 1 rings (SSSR count). The molecular weight excluding hydrogens is 230 g/mol. The number of piperazine rings is 1. The predicted molar refractivity (Wildman–Crippen MR) is 69.0 cm³/mol. The summed E-state index contributed by atoms with van der Waals surface area (Å²) in [5.74, 6) is 0.360. The lowest BCUT2D eigenvalue weighted by molar-refractivity contribution is 0.0635. The van der Waals surface area contributed by atoms with E-state index in [0.717, 1.165) is 19.5 Å². The summed E-state index contributed by atoms with van der Waals surface area (Å²) in [5, 5.41) is 9.00. The van der Waals surface area contributed by atoms with Crippen molar-refractivity contribution in [2.45, 2.75) is 33.2 Å². The first-order valence-electron chi connectivity index (χ1n) is 6.63. The highest BCUT2D eigenvalue weighted by molar-refractivity contribution is 5.67. The predicted octanol–water partition coefficient (Wildman–Crippen LogP) is 1.70. The molecule has 1 unspecified atom stereocenters. The van der Waals surface area contributed by atoms with Gasteiger partial charge in [0.2, 0.25) is 0 Å². The second-order valence-corrected chi connectivity index (χ2v) is 5.05. The van der Waals surface area contributed by atoms with Crippen molar-refractivity contribution in [3.63, 3.8) is 0 Å². The van der Waals surface area contributed by atoms with E-state index in [1.807, 2.05) is 20.8 Å². The number of nitriles is 1. The highest BCUT2D eigenvalue weighted by atomic mass is 16.6. The summed E-state index contributed by atoms with van der Waals surface area (Å²) < 4.78 is 5.19. The number of carbonyl (C=O) groups excluding carboxylic acids is 1. The van der Waals surface area contributed by atoms with Gasteiger partial charge in [-0.05, 0) is 12.3 Å². The smallest absolute Gasteiger partial charge is 0.409 e. The van der Waals surface area contributed by atoms with Crippen molar-refractivity contribution in [2.75, 3.05) is 32.8 Å². The summed E-state index contributed by atoms with van der Waals surface area (Å²) in [6.45, 7) is 9.32. The molecule has 1 amide bonds. The van der Waals surface area contributed by atoms with Gasteiger partial charge in [-0.3, -0.25) is 4.90 Å². The summed E-state index contributed by atoms with van der Waals surface area (Å²) in [5.41, 5.74) is 0. The lowest BCUT2D eigenvalue weighted by Gasteiger charge is -2.36. The average molecular weight is 253 g/mol. The zero-order chi connectivity index (χ0) is 13.5. The van der Waals surface area contributed by atoms with Crippen LogP contribution in [0, 0.1) is 17.2 Å². The van der Waals surface area contributed by atoms with Gasteiger partial charge in [0.25, 0.3) is 0 Å². The van der Waals surface area contributed by atoms with Crippen LogP contribution in [-0.2, 0) is 4.74 Å². The minimum Gasteiger partial charge on any atom is -0.449 e. The maximum Gasteiger partial charge on any atom is 0.409 e. The van der Waals surface area contributed by atoms with E-state index in [2.05, 4.69) is 11.0 Å². The zero-order valence-corrected chi connectivity index (χ0v) is 11.6. The second kappa shape index (κ2) is 7.22. The third-order valence-corrected chi connectivity index (χ3v) is 3.09. The molecule has 1 fully saturated rings. The van der Waals surface area contributed by atoms with Gasteiger partial charge in [0.05, 0.1) is 18.7 Å². The molecule has 0 spiro atoms. The quantitative estimate of drug-likeness (QED) is 0.765. The SMILES string of the molecule is CCC(C#N)N1CCN(C(=O)OCC(C)C)CC1.